The first kappa shape index (κ1) is 22.3. The standard InChI is InChI=1S/C18H15Cl2FN4O4S/c1-27-17(26)18(28-2)29-16-13(20)14(10-5-6-12(21)23-8-10)25(24-16)15-11(30-9-19)4-3-7-22-15/h3-8,18H,9H2,1-2H3. The lowest BCUT2D eigenvalue weighted by atomic mass is 10.2. The molecule has 0 aliphatic carbocycles. The Morgan fingerprint density at radius 3 is 2.73 bits per heavy atom. The fourth-order valence-electron chi connectivity index (χ4n) is 2.48. The Morgan fingerprint density at radius 1 is 1.30 bits per heavy atom. The number of rotatable bonds is 8. The fourth-order valence-corrected chi connectivity index (χ4v) is 3.66. The van der Waals surface area contributed by atoms with E-state index in [0.717, 1.165) is 0 Å². The van der Waals surface area contributed by atoms with Crippen LogP contribution < -0.4 is 4.74 Å². The van der Waals surface area contributed by atoms with E-state index >= 15 is 0 Å². The molecule has 0 aliphatic rings. The summed E-state index contributed by atoms with van der Waals surface area (Å²) in [4.78, 5) is 20.6. The van der Waals surface area contributed by atoms with Crippen LogP contribution in [0, 0.1) is 5.95 Å². The third kappa shape index (κ3) is 4.67. The van der Waals surface area contributed by atoms with Gasteiger partial charge in [-0.25, -0.2) is 19.4 Å². The zero-order valence-corrected chi connectivity index (χ0v) is 18.0. The van der Waals surface area contributed by atoms with Crippen molar-refractivity contribution in [3.8, 4) is 23.0 Å². The highest BCUT2D eigenvalue weighted by atomic mass is 35.5. The predicted octanol–water partition coefficient (Wildman–Crippen LogP) is 3.93. The lowest BCUT2D eigenvalue weighted by molar-refractivity contribution is -0.170. The number of carbonyl (C=O) groups excluding carboxylic acids is 1. The molecule has 1 atom stereocenters. The van der Waals surface area contributed by atoms with E-state index in [1.807, 2.05) is 6.07 Å². The van der Waals surface area contributed by atoms with Crippen molar-refractivity contribution in [3.05, 3.63) is 47.6 Å². The summed E-state index contributed by atoms with van der Waals surface area (Å²) in [5.74, 6) is -1.13. The van der Waals surface area contributed by atoms with E-state index < -0.39 is 18.2 Å². The summed E-state index contributed by atoms with van der Waals surface area (Å²) in [7, 11) is 2.46. The number of methoxy groups -OCH3 is 2. The zero-order valence-electron chi connectivity index (χ0n) is 15.7. The molecule has 0 aromatic carbocycles. The Morgan fingerprint density at radius 2 is 2.10 bits per heavy atom. The maximum atomic E-state index is 13.4. The maximum absolute atomic E-state index is 13.4. The molecule has 0 spiro atoms. The minimum Gasteiger partial charge on any atom is -0.464 e. The summed E-state index contributed by atoms with van der Waals surface area (Å²) >= 11 is 13.7. The Balaban J connectivity index is 2.18. The highest BCUT2D eigenvalue weighted by Gasteiger charge is 2.28. The number of aromatic nitrogens is 4. The van der Waals surface area contributed by atoms with Crippen LogP contribution in [0.2, 0.25) is 5.02 Å². The van der Waals surface area contributed by atoms with E-state index in [1.165, 1.54) is 49.0 Å². The van der Waals surface area contributed by atoms with Crippen molar-refractivity contribution in [1.29, 1.82) is 0 Å². The number of alkyl halides is 1. The van der Waals surface area contributed by atoms with Gasteiger partial charge in [-0.2, -0.15) is 4.39 Å². The van der Waals surface area contributed by atoms with Crippen LogP contribution in [0.4, 0.5) is 4.39 Å². The molecule has 0 N–H and O–H groups in total. The van der Waals surface area contributed by atoms with Crippen molar-refractivity contribution in [2.24, 2.45) is 0 Å². The number of halogens is 3. The molecule has 0 aliphatic heterocycles. The van der Waals surface area contributed by atoms with Gasteiger partial charge in [0.2, 0.25) is 5.95 Å². The molecule has 0 radical (unpaired) electrons. The predicted molar refractivity (Wildman–Crippen MR) is 110 cm³/mol. The maximum Gasteiger partial charge on any atom is 0.376 e. The van der Waals surface area contributed by atoms with Gasteiger partial charge in [0.1, 0.15) is 10.7 Å². The molecule has 3 aromatic heterocycles. The molecule has 0 saturated heterocycles. The molecule has 12 heteroatoms. The lowest BCUT2D eigenvalue weighted by Crippen LogP contribution is -2.30. The summed E-state index contributed by atoms with van der Waals surface area (Å²) < 4.78 is 29.9. The summed E-state index contributed by atoms with van der Waals surface area (Å²) in [5.41, 5.74) is 0.775. The van der Waals surface area contributed by atoms with Crippen molar-refractivity contribution in [2.75, 3.05) is 19.4 Å². The quantitative estimate of drug-likeness (QED) is 0.160. The molecule has 0 bridgehead atoms. The summed E-state index contributed by atoms with van der Waals surface area (Å²) in [6.07, 6.45) is 1.47. The summed E-state index contributed by atoms with van der Waals surface area (Å²) in [6, 6.07) is 6.22. The van der Waals surface area contributed by atoms with Gasteiger partial charge >= 0.3 is 12.3 Å². The minimum absolute atomic E-state index is 0.0434. The van der Waals surface area contributed by atoms with Crippen LogP contribution in [0.3, 0.4) is 0 Å². The van der Waals surface area contributed by atoms with Crippen LogP contribution >= 0.6 is 35.0 Å². The van der Waals surface area contributed by atoms with Gasteiger partial charge in [0.15, 0.2) is 5.82 Å². The van der Waals surface area contributed by atoms with Crippen LogP contribution in [0.1, 0.15) is 0 Å². The number of ether oxygens (including phenoxy) is 3. The van der Waals surface area contributed by atoms with E-state index in [-0.39, 0.29) is 16.1 Å². The van der Waals surface area contributed by atoms with Crippen LogP contribution in [0.25, 0.3) is 17.1 Å². The van der Waals surface area contributed by atoms with E-state index in [0.29, 0.717) is 22.0 Å². The molecular weight excluding hydrogens is 458 g/mol. The number of thioether (sulfide) groups is 1. The number of pyridine rings is 2. The van der Waals surface area contributed by atoms with Crippen molar-refractivity contribution < 1.29 is 23.4 Å². The normalized spacial score (nSPS) is 11.9. The number of esters is 1. The minimum atomic E-state index is -1.39. The Hall–Kier alpha value is -2.40. The molecular formula is C18H15Cl2FN4O4S. The van der Waals surface area contributed by atoms with Gasteiger partial charge in [0, 0.05) is 25.1 Å². The summed E-state index contributed by atoms with van der Waals surface area (Å²) in [5, 5.41) is 4.68. The molecule has 3 rings (SSSR count). The molecule has 0 amide bonds. The van der Waals surface area contributed by atoms with E-state index in [4.69, 9.17) is 32.7 Å². The molecule has 8 nitrogen and oxygen atoms in total. The monoisotopic (exact) mass is 472 g/mol. The number of nitrogens with zero attached hydrogens (tertiary/aromatic N) is 4. The van der Waals surface area contributed by atoms with Gasteiger partial charge in [-0.15, -0.1) is 28.5 Å². The SMILES string of the molecule is COC(=O)C(OC)Oc1nn(-c2ncccc2SCCl)c(-c2ccc(F)nc2)c1Cl. The zero-order chi connectivity index (χ0) is 21.7. The van der Waals surface area contributed by atoms with E-state index in [2.05, 4.69) is 19.8 Å². The second-order valence-electron chi connectivity index (χ2n) is 5.54. The third-order valence-corrected chi connectivity index (χ3v) is 5.19. The van der Waals surface area contributed by atoms with Gasteiger partial charge in [-0.3, -0.25) is 0 Å². The molecule has 158 valence electrons. The molecule has 3 aromatic rings. The Bertz CT molecular complexity index is 1040. The topological polar surface area (TPSA) is 88.4 Å². The van der Waals surface area contributed by atoms with Gasteiger partial charge in [-0.1, -0.05) is 11.6 Å². The first-order valence-electron chi connectivity index (χ1n) is 8.32. The number of hydrogen-bond donors (Lipinski definition) is 0. The Kier molecular flexibility index (Phi) is 7.48. The first-order chi connectivity index (χ1) is 14.5. The second-order valence-corrected chi connectivity index (χ2v) is 7.52. The number of hydrogen-bond acceptors (Lipinski definition) is 8. The fraction of sp³-hybridized carbons (Fsp3) is 0.222. The van der Waals surface area contributed by atoms with Crippen LogP contribution in [0.5, 0.6) is 5.88 Å². The molecule has 30 heavy (non-hydrogen) atoms. The van der Waals surface area contributed by atoms with Gasteiger partial charge in [-0.05, 0) is 24.3 Å². The highest BCUT2D eigenvalue weighted by Crippen LogP contribution is 2.38. The van der Waals surface area contributed by atoms with Crippen molar-refractivity contribution in [2.45, 2.75) is 11.2 Å². The average molecular weight is 473 g/mol. The second kappa shape index (κ2) is 10.1. The highest BCUT2D eigenvalue weighted by molar-refractivity contribution is 8.00. The smallest absolute Gasteiger partial charge is 0.376 e. The Labute approximate surface area is 185 Å². The van der Waals surface area contributed by atoms with Crippen molar-refractivity contribution in [3.63, 3.8) is 0 Å². The number of carbonyl (C=O) groups is 1. The van der Waals surface area contributed by atoms with Crippen molar-refractivity contribution >= 4 is 40.9 Å². The van der Waals surface area contributed by atoms with Crippen LogP contribution in [-0.4, -0.2) is 51.4 Å². The lowest BCUT2D eigenvalue weighted by Gasteiger charge is -2.13. The van der Waals surface area contributed by atoms with Gasteiger partial charge < -0.3 is 14.2 Å². The van der Waals surface area contributed by atoms with Crippen molar-refractivity contribution in [1.82, 2.24) is 19.7 Å². The molecule has 0 saturated carbocycles. The van der Waals surface area contributed by atoms with E-state index in [1.54, 1.807) is 12.3 Å². The largest absolute Gasteiger partial charge is 0.464 e. The van der Waals surface area contributed by atoms with Gasteiger partial charge in [0.25, 0.3) is 5.88 Å². The van der Waals surface area contributed by atoms with Crippen LogP contribution in [-0.2, 0) is 14.3 Å². The first-order valence-corrected chi connectivity index (χ1v) is 10.2. The van der Waals surface area contributed by atoms with E-state index in [9.17, 15) is 9.18 Å². The molecule has 1 unspecified atom stereocenters. The average Bonchev–Trinajstić information content (AvgIpc) is 3.08. The molecule has 3 heterocycles. The van der Waals surface area contributed by atoms with Crippen LogP contribution in [0.15, 0.2) is 41.6 Å². The summed E-state index contributed by atoms with van der Waals surface area (Å²) in [6.45, 7) is 0. The molecule has 0 fully saturated rings. The third-order valence-electron chi connectivity index (χ3n) is 3.79. The van der Waals surface area contributed by atoms with Gasteiger partial charge in [0.05, 0.1) is 17.2 Å².